The van der Waals surface area contributed by atoms with Gasteiger partial charge in [0.15, 0.2) is 0 Å². The van der Waals surface area contributed by atoms with Crippen LogP contribution in [0.2, 0.25) is 0 Å². The number of nitrogens with one attached hydrogen (secondary N) is 1. The van der Waals surface area contributed by atoms with Crippen LogP contribution in [0, 0.1) is 13.8 Å². The molecule has 3 rings (SSSR count). The van der Waals surface area contributed by atoms with Crippen molar-refractivity contribution in [1.82, 2.24) is 19.6 Å². The third kappa shape index (κ3) is 2.85. The topological polar surface area (TPSA) is 90.6 Å². The van der Waals surface area contributed by atoms with Gasteiger partial charge in [-0.05, 0) is 32.0 Å². The van der Waals surface area contributed by atoms with Crippen LogP contribution in [0.4, 0.5) is 5.69 Å². The Morgan fingerprint density at radius 2 is 1.92 bits per heavy atom. The standard InChI is InChI=1S/C16H17N5O3/c1-9-7-10(2)21-16(17-9)19-14(20-21)15(22)18-12-6-5-11(23-3)8-13(12)24-4/h5-8H,1-4H3,(H,18,22). The molecule has 24 heavy (non-hydrogen) atoms. The van der Waals surface area contributed by atoms with Crippen LogP contribution in [0.3, 0.4) is 0 Å². The van der Waals surface area contributed by atoms with Crippen molar-refractivity contribution in [3.63, 3.8) is 0 Å². The highest BCUT2D eigenvalue weighted by molar-refractivity contribution is 6.02. The molecule has 0 saturated carbocycles. The third-order valence-corrected chi connectivity index (χ3v) is 3.48. The molecule has 2 aromatic heterocycles. The van der Waals surface area contributed by atoms with Crippen LogP contribution in [-0.4, -0.2) is 39.7 Å². The molecule has 3 aromatic rings. The number of aryl methyl sites for hydroxylation is 2. The van der Waals surface area contributed by atoms with Crippen molar-refractivity contribution in [2.75, 3.05) is 19.5 Å². The van der Waals surface area contributed by atoms with E-state index >= 15 is 0 Å². The lowest BCUT2D eigenvalue weighted by molar-refractivity contribution is 0.101. The van der Waals surface area contributed by atoms with Crippen molar-refractivity contribution in [2.45, 2.75) is 13.8 Å². The quantitative estimate of drug-likeness (QED) is 0.788. The molecule has 2 heterocycles. The van der Waals surface area contributed by atoms with Gasteiger partial charge >= 0.3 is 0 Å². The summed E-state index contributed by atoms with van der Waals surface area (Å²) in [5.74, 6) is 1.09. The Morgan fingerprint density at radius 1 is 1.12 bits per heavy atom. The zero-order valence-corrected chi connectivity index (χ0v) is 13.8. The number of hydrogen-bond acceptors (Lipinski definition) is 6. The van der Waals surface area contributed by atoms with Crippen molar-refractivity contribution >= 4 is 17.4 Å². The zero-order chi connectivity index (χ0) is 17.3. The summed E-state index contributed by atoms with van der Waals surface area (Å²) in [6.07, 6.45) is 0. The molecule has 0 aliphatic rings. The summed E-state index contributed by atoms with van der Waals surface area (Å²) < 4.78 is 11.9. The van der Waals surface area contributed by atoms with Crippen molar-refractivity contribution in [2.24, 2.45) is 0 Å². The summed E-state index contributed by atoms with van der Waals surface area (Å²) in [6.45, 7) is 3.74. The average Bonchev–Trinajstić information content (AvgIpc) is 2.99. The van der Waals surface area contributed by atoms with E-state index in [1.807, 2.05) is 19.9 Å². The van der Waals surface area contributed by atoms with Gasteiger partial charge in [0.2, 0.25) is 5.82 Å². The van der Waals surface area contributed by atoms with Gasteiger partial charge in [0.25, 0.3) is 11.7 Å². The number of carbonyl (C=O) groups excluding carboxylic acids is 1. The molecule has 8 nitrogen and oxygen atoms in total. The lowest BCUT2D eigenvalue weighted by Gasteiger charge is -2.10. The Hall–Kier alpha value is -3.16. The van der Waals surface area contributed by atoms with Crippen LogP contribution in [0.5, 0.6) is 11.5 Å². The van der Waals surface area contributed by atoms with Crippen molar-refractivity contribution in [1.29, 1.82) is 0 Å². The molecule has 124 valence electrons. The molecule has 0 atom stereocenters. The first-order valence-electron chi connectivity index (χ1n) is 7.26. The van der Waals surface area contributed by atoms with Crippen molar-refractivity contribution in [3.8, 4) is 11.5 Å². The molecule has 0 fully saturated rings. The lowest BCUT2D eigenvalue weighted by Crippen LogP contribution is -2.14. The fourth-order valence-electron chi connectivity index (χ4n) is 2.34. The van der Waals surface area contributed by atoms with E-state index in [-0.39, 0.29) is 5.82 Å². The van der Waals surface area contributed by atoms with Gasteiger partial charge in [-0.25, -0.2) is 9.50 Å². The highest BCUT2D eigenvalue weighted by Gasteiger charge is 2.17. The van der Waals surface area contributed by atoms with Gasteiger partial charge < -0.3 is 14.8 Å². The molecule has 1 amide bonds. The highest BCUT2D eigenvalue weighted by atomic mass is 16.5. The Labute approximate surface area is 138 Å². The first-order valence-corrected chi connectivity index (χ1v) is 7.26. The molecular weight excluding hydrogens is 310 g/mol. The maximum absolute atomic E-state index is 12.4. The summed E-state index contributed by atoms with van der Waals surface area (Å²) in [5, 5.41) is 6.94. The predicted molar refractivity (Wildman–Crippen MR) is 87.8 cm³/mol. The smallest absolute Gasteiger partial charge is 0.295 e. The number of fused-ring (bicyclic) bond motifs is 1. The summed E-state index contributed by atoms with van der Waals surface area (Å²) in [5.41, 5.74) is 2.17. The van der Waals surface area contributed by atoms with Gasteiger partial charge in [-0.1, -0.05) is 0 Å². The number of benzene rings is 1. The van der Waals surface area contributed by atoms with Gasteiger partial charge in [-0.15, -0.1) is 5.10 Å². The molecule has 0 radical (unpaired) electrons. The van der Waals surface area contributed by atoms with Gasteiger partial charge in [-0.2, -0.15) is 4.98 Å². The van der Waals surface area contributed by atoms with Gasteiger partial charge in [0.05, 0.1) is 19.9 Å². The maximum Gasteiger partial charge on any atom is 0.295 e. The minimum absolute atomic E-state index is 0.0362. The van der Waals surface area contributed by atoms with E-state index in [9.17, 15) is 4.79 Å². The van der Waals surface area contributed by atoms with E-state index in [2.05, 4.69) is 20.4 Å². The Balaban J connectivity index is 1.91. The first kappa shape index (κ1) is 15.7. The van der Waals surface area contributed by atoms with Crippen LogP contribution in [0.15, 0.2) is 24.3 Å². The molecule has 0 aliphatic carbocycles. The second-order valence-electron chi connectivity index (χ2n) is 5.21. The Kier molecular flexibility index (Phi) is 4.03. The molecular formula is C16H17N5O3. The number of aromatic nitrogens is 4. The van der Waals surface area contributed by atoms with Crippen molar-refractivity contribution in [3.05, 3.63) is 41.5 Å². The fourth-order valence-corrected chi connectivity index (χ4v) is 2.34. The zero-order valence-electron chi connectivity index (χ0n) is 13.8. The minimum Gasteiger partial charge on any atom is -0.497 e. The number of amides is 1. The Bertz CT molecular complexity index is 919. The van der Waals surface area contributed by atoms with E-state index in [1.165, 1.54) is 11.6 Å². The molecule has 1 N–H and O–H groups in total. The van der Waals surface area contributed by atoms with E-state index < -0.39 is 5.91 Å². The monoisotopic (exact) mass is 327 g/mol. The summed E-state index contributed by atoms with van der Waals surface area (Å²) in [4.78, 5) is 20.9. The summed E-state index contributed by atoms with van der Waals surface area (Å²) in [6, 6.07) is 6.97. The number of anilines is 1. The highest BCUT2D eigenvalue weighted by Crippen LogP contribution is 2.29. The van der Waals surface area contributed by atoms with Crippen LogP contribution in [0.25, 0.3) is 5.78 Å². The van der Waals surface area contributed by atoms with Crippen LogP contribution >= 0.6 is 0 Å². The predicted octanol–water partition coefficient (Wildman–Crippen LogP) is 2.01. The fraction of sp³-hybridized carbons (Fsp3) is 0.250. The SMILES string of the molecule is COc1ccc(NC(=O)c2nc3nc(C)cc(C)n3n2)c(OC)c1. The molecule has 0 bridgehead atoms. The summed E-state index contributed by atoms with van der Waals surface area (Å²) in [7, 11) is 3.08. The summed E-state index contributed by atoms with van der Waals surface area (Å²) >= 11 is 0. The van der Waals surface area contributed by atoms with Gasteiger partial charge in [0.1, 0.15) is 11.5 Å². The lowest BCUT2D eigenvalue weighted by atomic mass is 10.2. The third-order valence-electron chi connectivity index (χ3n) is 3.48. The van der Waals surface area contributed by atoms with Crippen LogP contribution in [0.1, 0.15) is 22.0 Å². The minimum atomic E-state index is -0.444. The molecule has 0 saturated heterocycles. The molecule has 0 spiro atoms. The second-order valence-corrected chi connectivity index (χ2v) is 5.21. The number of rotatable bonds is 4. The number of methoxy groups -OCH3 is 2. The van der Waals surface area contributed by atoms with Gasteiger partial charge in [-0.3, -0.25) is 4.79 Å². The van der Waals surface area contributed by atoms with Crippen LogP contribution < -0.4 is 14.8 Å². The first-order chi connectivity index (χ1) is 11.5. The number of hydrogen-bond donors (Lipinski definition) is 1. The molecule has 1 aromatic carbocycles. The van der Waals surface area contributed by atoms with E-state index in [4.69, 9.17) is 9.47 Å². The average molecular weight is 327 g/mol. The molecule has 8 heteroatoms. The largest absolute Gasteiger partial charge is 0.497 e. The van der Waals surface area contributed by atoms with Crippen molar-refractivity contribution < 1.29 is 14.3 Å². The maximum atomic E-state index is 12.4. The molecule has 0 unspecified atom stereocenters. The van der Waals surface area contributed by atoms with E-state index in [1.54, 1.807) is 25.3 Å². The Morgan fingerprint density at radius 3 is 2.62 bits per heavy atom. The van der Waals surface area contributed by atoms with E-state index in [0.29, 0.717) is 23.0 Å². The number of carbonyl (C=O) groups is 1. The van der Waals surface area contributed by atoms with E-state index in [0.717, 1.165) is 11.4 Å². The molecule has 0 aliphatic heterocycles. The number of ether oxygens (including phenoxy) is 2. The second kappa shape index (κ2) is 6.15. The normalized spacial score (nSPS) is 10.7. The van der Waals surface area contributed by atoms with Crippen LogP contribution in [-0.2, 0) is 0 Å². The number of nitrogens with zero attached hydrogens (tertiary/aromatic N) is 4. The van der Waals surface area contributed by atoms with Gasteiger partial charge in [0, 0.05) is 17.5 Å².